The zero-order valence-electron chi connectivity index (χ0n) is 12.0. The number of hydrogen-bond acceptors (Lipinski definition) is 6. The summed E-state index contributed by atoms with van der Waals surface area (Å²) in [5.74, 6) is -1.40. The standard InChI is InChI=1S/C12H19N3O5/c1-11(2)16-5-6(18-11)8-7(14-15-13)9-10(17-8)20-12(3,4)19-9/h6-10H,5H2,1-4H3/t6?,7-,8+,9+,10?/m0/s1. The molecule has 20 heavy (non-hydrogen) atoms. The number of azide groups is 1. The SMILES string of the molecule is CC1(C)OCC([C@H]2OC3OC(C)(C)O[C@@H]3[C@H]2N=[N+]=[N-])O1. The van der Waals surface area contributed by atoms with Crippen LogP contribution < -0.4 is 0 Å². The first kappa shape index (κ1) is 14.1. The van der Waals surface area contributed by atoms with Crippen LogP contribution in [0.25, 0.3) is 10.4 Å². The van der Waals surface area contributed by atoms with E-state index >= 15 is 0 Å². The molecule has 0 radical (unpaired) electrons. The van der Waals surface area contributed by atoms with Gasteiger partial charge in [0.15, 0.2) is 17.9 Å². The number of ether oxygens (including phenoxy) is 5. The van der Waals surface area contributed by atoms with Crippen molar-refractivity contribution in [3.05, 3.63) is 10.4 Å². The smallest absolute Gasteiger partial charge is 0.188 e. The van der Waals surface area contributed by atoms with E-state index in [1.165, 1.54) is 0 Å². The van der Waals surface area contributed by atoms with Gasteiger partial charge in [0.05, 0.1) is 12.6 Å². The van der Waals surface area contributed by atoms with Gasteiger partial charge in [-0.3, -0.25) is 0 Å². The Labute approximate surface area is 116 Å². The van der Waals surface area contributed by atoms with Gasteiger partial charge in [-0.05, 0) is 33.2 Å². The van der Waals surface area contributed by atoms with E-state index in [2.05, 4.69) is 10.0 Å². The summed E-state index contributed by atoms with van der Waals surface area (Å²) in [4.78, 5) is 2.90. The first-order valence-corrected chi connectivity index (χ1v) is 6.68. The Bertz CT molecular complexity index is 448. The van der Waals surface area contributed by atoms with Crippen molar-refractivity contribution in [2.45, 2.75) is 69.9 Å². The minimum Gasteiger partial charge on any atom is -0.348 e. The summed E-state index contributed by atoms with van der Waals surface area (Å²) < 4.78 is 28.6. The summed E-state index contributed by atoms with van der Waals surface area (Å²) >= 11 is 0. The average molecular weight is 285 g/mol. The van der Waals surface area contributed by atoms with Gasteiger partial charge < -0.3 is 23.7 Å². The molecular formula is C12H19N3O5. The zero-order valence-corrected chi connectivity index (χ0v) is 12.0. The molecule has 3 fully saturated rings. The lowest BCUT2D eigenvalue weighted by molar-refractivity contribution is -0.222. The van der Waals surface area contributed by atoms with Crippen LogP contribution in [0.15, 0.2) is 5.11 Å². The summed E-state index contributed by atoms with van der Waals surface area (Å²) in [6.07, 6.45) is -1.70. The highest BCUT2D eigenvalue weighted by Crippen LogP contribution is 2.41. The second-order valence-corrected chi connectivity index (χ2v) is 6.13. The van der Waals surface area contributed by atoms with Gasteiger partial charge in [0.1, 0.15) is 18.3 Å². The van der Waals surface area contributed by atoms with Crippen LogP contribution in [0.1, 0.15) is 27.7 Å². The molecule has 8 heteroatoms. The van der Waals surface area contributed by atoms with Gasteiger partial charge in [-0.2, -0.15) is 0 Å². The molecule has 0 saturated carbocycles. The number of hydrogen-bond donors (Lipinski definition) is 0. The predicted molar refractivity (Wildman–Crippen MR) is 66.5 cm³/mol. The Morgan fingerprint density at radius 2 is 1.80 bits per heavy atom. The summed E-state index contributed by atoms with van der Waals surface area (Å²) in [7, 11) is 0. The Morgan fingerprint density at radius 3 is 2.40 bits per heavy atom. The Balaban J connectivity index is 1.78. The van der Waals surface area contributed by atoms with Crippen molar-refractivity contribution in [2.24, 2.45) is 5.11 Å². The molecule has 0 bridgehead atoms. The second kappa shape index (κ2) is 4.56. The van der Waals surface area contributed by atoms with Crippen molar-refractivity contribution in [1.29, 1.82) is 0 Å². The first-order chi connectivity index (χ1) is 9.31. The van der Waals surface area contributed by atoms with Crippen LogP contribution >= 0.6 is 0 Å². The van der Waals surface area contributed by atoms with Crippen LogP contribution in [0.3, 0.4) is 0 Å². The van der Waals surface area contributed by atoms with Crippen LogP contribution in [0.2, 0.25) is 0 Å². The van der Waals surface area contributed by atoms with Crippen LogP contribution in [0, 0.1) is 0 Å². The van der Waals surface area contributed by atoms with Gasteiger partial charge >= 0.3 is 0 Å². The van der Waals surface area contributed by atoms with Gasteiger partial charge in [-0.1, -0.05) is 5.11 Å². The molecular weight excluding hydrogens is 266 g/mol. The fourth-order valence-corrected chi connectivity index (χ4v) is 2.89. The lowest BCUT2D eigenvalue weighted by Crippen LogP contribution is -2.41. The third-order valence-corrected chi connectivity index (χ3v) is 3.63. The minimum atomic E-state index is -0.740. The zero-order chi connectivity index (χ0) is 14.5. The lowest BCUT2D eigenvalue weighted by Gasteiger charge is -2.26. The fourth-order valence-electron chi connectivity index (χ4n) is 2.89. The number of nitrogens with zero attached hydrogens (tertiary/aromatic N) is 3. The molecule has 3 saturated heterocycles. The maximum Gasteiger partial charge on any atom is 0.188 e. The molecule has 112 valence electrons. The highest BCUT2D eigenvalue weighted by molar-refractivity contribution is 5.01. The largest absolute Gasteiger partial charge is 0.348 e. The van der Waals surface area contributed by atoms with Gasteiger partial charge in [0.2, 0.25) is 0 Å². The highest BCUT2D eigenvalue weighted by atomic mass is 16.8. The molecule has 0 aromatic carbocycles. The van der Waals surface area contributed by atoms with Gasteiger partial charge in [0, 0.05) is 4.91 Å². The topological polar surface area (TPSA) is 94.9 Å². The molecule has 2 unspecified atom stereocenters. The van der Waals surface area contributed by atoms with Crippen molar-refractivity contribution in [2.75, 3.05) is 6.61 Å². The van der Waals surface area contributed by atoms with Crippen molar-refractivity contribution in [1.82, 2.24) is 0 Å². The van der Waals surface area contributed by atoms with E-state index < -0.39 is 36.1 Å². The predicted octanol–water partition coefficient (Wildman–Crippen LogP) is 1.69. The third-order valence-electron chi connectivity index (χ3n) is 3.63. The molecule has 0 aromatic rings. The Hall–Kier alpha value is -0.890. The van der Waals surface area contributed by atoms with Crippen LogP contribution in [0.4, 0.5) is 0 Å². The van der Waals surface area contributed by atoms with Crippen LogP contribution in [-0.2, 0) is 23.7 Å². The Kier molecular flexibility index (Phi) is 3.20. The quantitative estimate of drug-likeness (QED) is 0.437. The molecule has 0 aliphatic carbocycles. The van der Waals surface area contributed by atoms with Crippen molar-refractivity contribution < 1.29 is 23.7 Å². The van der Waals surface area contributed by atoms with E-state index in [-0.39, 0.29) is 6.10 Å². The monoisotopic (exact) mass is 285 g/mol. The van der Waals surface area contributed by atoms with Crippen LogP contribution in [0.5, 0.6) is 0 Å². The van der Waals surface area contributed by atoms with E-state index in [4.69, 9.17) is 29.2 Å². The van der Waals surface area contributed by atoms with E-state index in [1.807, 2.05) is 13.8 Å². The van der Waals surface area contributed by atoms with Crippen molar-refractivity contribution in [3.63, 3.8) is 0 Å². The molecule has 3 aliphatic rings. The Morgan fingerprint density at radius 1 is 1.05 bits per heavy atom. The van der Waals surface area contributed by atoms with E-state index in [0.29, 0.717) is 6.61 Å². The van der Waals surface area contributed by atoms with E-state index in [9.17, 15) is 0 Å². The van der Waals surface area contributed by atoms with Crippen molar-refractivity contribution >= 4 is 0 Å². The van der Waals surface area contributed by atoms with E-state index in [0.717, 1.165) is 0 Å². The fraction of sp³-hybridized carbons (Fsp3) is 1.00. The summed E-state index contributed by atoms with van der Waals surface area (Å²) in [5, 5.41) is 3.82. The van der Waals surface area contributed by atoms with Gasteiger partial charge in [-0.15, -0.1) is 0 Å². The molecule has 5 atom stereocenters. The molecule has 0 aromatic heterocycles. The van der Waals surface area contributed by atoms with Crippen molar-refractivity contribution in [3.8, 4) is 0 Å². The number of fused-ring (bicyclic) bond motifs is 1. The van der Waals surface area contributed by atoms with Gasteiger partial charge in [0.25, 0.3) is 0 Å². The summed E-state index contributed by atoms with van der Waals surface area (Å²) in [6, 6.07) is -0.491. The second-order valence-electron chi connectivity index (χ2n) is 6.13. The van der Waals surface area contributed by atoms with Gasteiger partial charge in [-0.25, -0.2) is 0 Å². The molecule has 3 heterocycles. The maximum absolute atomic E-state index is 8.77. The molecule has 0 spiro atoms. The highest BCUT2D eigenvalue weighted by Gasteiger charge is 2.57. The molecule has 3 rings (SSSR count). The molecule has 3 aliphatic heterocycles. The third kappa shape index (κ3) is 2.39. The maximum atomic E-state index is 8.77. The lowest BCUT2D eigenvalue weighted by atomic mass is 10.0. The molecule has 8 nitrogen and oxygen atoms in total. The molecule has 0 amide bonds. The summed E-state index contributed by atoms with van der Waals surface area (Å²) in [5.41, 5.74) is 8.77. The number of rotatable bonds is 2. The molecule has 0 N–H and O–H groups in total. The first-order valence-electron chi connectivity index (χ1n) is 6.68. The van der Waals surface area contributed by atoms with Crippen LogP contribution in [-0.4, -0.2) is 48.8 Å². The van der Waals surface area contributed by atoms with E-state index in [1.54, 1.807) is 13.8 Å². The minimum absolute atomic E-state index is 0.304. The average Bonchev–Trinajstić information content (AvgIpc) is 2.91. The normalized spacial score (nSPS) is 45.1. The summed E-state index contributed by atoms with van der Waals surface area (Å²) in [6.45, 7) is 7.66.